The summed E-state index contributed by atoms with van der Waals surface area (Å²) in [5, 5.41) is 12.3. The molecule has 27 heavy (non-hydrogen) atoms. The van der Waals surface area contributed by atoms with Gasteiger partial charge >= 0.3 is 6.03 Å². The Morgan fingerprint density at radius 1 is 1.15 bits per heavy atom. The van der Waals surface area contributed by atoms with E-state index in [-0.39, 0.29) is 18.0 Å². The van der Waals surface area contributed by atoms with Gasteiger partial charge in [-0.05, 0) is 70.0 Å². The van der Waals surface area contributed by atoms with Gasteiger partial charge in [0.1, 0.15) is 0 Å². The zero-order valence-electron chi connectivity index (χ0n) is 15.5. The molecule has 0 aliphatic carbocycles. The Hall–Kier alpha value is -2.45. The van der Waals surface area contributed by atoms with Crippen LogP contribution in [0.4, 0.5) is 15.6 Å². The molecule has 0 saturated carbocycles. The van der Waals surface area contributed by atoms with Gasteiger partial charge in [0.15, 0.2) is 5.13 Å². The zero-order chi connectivity index (χ0) is 19.2. The molecule has 2 heterocycles. The maximum atomic E-state index is 12.4. The van der Waals surface area contributed by atoms with Crippen LogP contribution in [0.3, 0.4) is 0 Å². The first-order chi connectivity index (χ1) is 13.0. The van der Waals surface area contributed by atoms with Crippen molar-refractivity contribution in [3.05, 3.63) is 40.9 Å². The number of piperidine rings is 1. The normalized spacial score (nSPS) is 14.8. The van der Waals surface area contributed by atoms with E-state index in [0.717, 1.165) is 25.9 Å². The summed E-state index contributed by atoms with van der Waals surface area (Å²) < 4.78 is 0. The third-order valence-electron chi connectivity index (χ3n) is 4.31. The van der Waals surface area contributed by atoms with Gasteiger partial charge in [-0.25, -0.2) is 9.78 Å². The van der Waals surface area contributed by atoms with Crippen LogP contribution in [0.15, 0.2) is 30.5 Å². The number of hydrogen-bond donors (Lipinski definition) is 4. The molecule has 0 unspecified atom stereocenters. The SMILES string of the molecule is CC(C)NC(=O)Nc1ccc(C(=O)Nc2ncc(C3CCNCC3)s2)cc1. The largest absolute Gasteiger partial charge is 0.336 e. The lowest BCUT2D eigenvalue weighted by atomic mass is 9.97. The van der Waals surface area contributed by atoms with Crippen molar-refractivity contribution in [2.45, 2.75) is 38.6 Å². The van der Waals surface area contributed by atoms with E-state index in [0.29, 0.717) is 22.3 Å². The molecule has 4 N–H and O–H groups in total. The Kier molecular flexibility index (Phi) is 6.41. The van der Waals surface area contributed by atoms with Crippen LogP contribution in [-0.4, -0.2) is 36.1 Å². The van der Waals surface area contributed by atoms with E-state index in [9.17, 15) is 9.59 Å². The number of hydrogen-bond acceptors (Lipinski definition) is 5. The summed E-state index contributed by atoms with van der Waals surface area (Å²) in [6.07, 6.45) is 4.08. The first-order valence-corrected chi connectivity index (χ1v) is 9.98. The standard InChI is InChI=1S/C19H25N5O2S/c1-12(2)22-18(26)23-15-5-3-14(4-6-15)17(25)24-19-21-11-16(27-19)13-7-9-20-10-8-13/h3-6,11-13,20H,7-10H2,1-2H3,(H,21,24,25)(H2,22,23,26). The van der Waals surface area contributed by atoms with Crippen molar-refractivity contribution in [2.24, 2.45) is 0 Å². The molecule has 8 heteroatoms. The van der Waals surface area contributed by atoms with Crippen molar-refractivity contribution in [1.82, 2.24) is 15.6 Å². The van der Waals surface area contributed by atoms with Crippen LogP contribution in [0.2, 0.25) is 0 Å². The smallest absolute Gasteiger partial charge is 0.319 e. The third kappa shape index (κ3) is 5.51. The van der Waals surface area contributed by atoms with E-state index in [1.54, 1.807) is 35.6 Å². The van der Waals surface area contributed by atoms with E-state index in [1.165, 1.54) is 4.88 Å². The van der Waals surface area contributed by atoms with Gasteiger partial charge in [0, 0.05) is 28.4 Å². The highest BCUT2D eigenvalue weighted by Crippen LogP contribution is 2.31. The fourth-order valence-electron chi connectivity index (χ4n) is 2.94. The van der Waals surface area contributed by atoms with Crippen molar-refractivity contribution >= 4 is 34.1 Å². The molecular weight excluding hydrogens is 362 g/mol. The number of anilines is 2. The predicted octanol–water partition coefficient (Wildman–Crippen LogP) is 3.39. The molecule has 7 nitrogen and oxygen atoms in total. The molecule has 1 fully saturated rings. The summed E-state index contributed by atoms with van der Waals surface area (Å²) >= 11 is 1.54. The minimum atomic E-state index is -0.268. The highest BCUT2D eigenvalue weighted by Gasteiger charge is 2.18. The number of aromatic nitrogens is 1. The van der Waals surface area contributed by atoms with E-state index in [1.807, 2.05) is 20.0 Å². The van der Waals surface area contributed by atoms with Gasteiger partial charge in [0.25, 0.3) is 5.91 Å². The van der Waals surface area contributed by atoms with Gasteiger partial charge in [0.05, 0.1) is 0 Å². The van der Waals surface area contributed by atoms with Crippen molar-refractivity contribution in [3.63, 3.8) is 0 Å². The summed E-state index contributed by atoms with van der Waals surface area (Å²) in [7, 11) is 0. The molecule has 1 saturated heterocycles. The fraction of sp³-hybridized carbons (Fsp3) is 0.421. The summed E-state index contributed by atoms with van der Waals surface area (Å²) in [5.74, 6) is 0.316. The first-order valence-electron chi connectivity index (χ1n) is 9.16. The predicted molar refractivity (Wildman–Crippen MR) is 109 cm³/mol. The molecular formula is C19H25N5O2S. The molecule has 3 amide bonds. The zero-order valence-corrected chi connectivity index (χ0v) is 16.4. The highest BCUT2D eigenvalue weighted by molar-refractivity contribution is 7.15. The molecule has 1 aliphatic heterocycles. The summed E-state index contributed by atoms with van der Waals surface area (Å²) in [6, 6.07) is 6.57. The van der Waals surface area contributed by atoms with Gasteiger partial charge in [0.2, 0.25) is 0 Å². The average Bonchev–Trinajstić information content (AvgIpc) is 3.11. The van der Waals surface area contributed by atoms with Crippen LogP contribution in [0, 0.1) is 0 Å². The Morgan fingerprint density at radius 2 is 1.85 bits per heavy atom. The Morgan fingerprint density at radius 3 is 2.52 bits per heavy atom. The maximum Gasteiger partial charge on any atom is 0.319 e. The van der Waals surface area contributed by atoms with Gasteiger partial charge in [-0.3, -0.25) is 10.1 Å². The number of nitrogens with one attached hydrogen (secondary N) is 4. The first kappa shape index (κ1) is 19.3. The number of carbonyl (C=O) groups excluding carboxylic acids is 2. The number of thiazole rings is 1. The molecule has 0 spiro atoms. The minimum absolute atomic E-state index is 0.0584. The number of urea groups is 1. The lowest BCUT2D eigenvalue weighted by Gasteiger charge is -2.20. The van der Waals surface area contributed by atoms with Crippen LogP contribution in [0.1, 0.15) is 47.8 Å². The van der Waals surface area contributed by atoms with Gasteiger partial charge in [-0.15, -0.1) is 11.3 Å². The lowest BCUT2D eigenvalue weighted by molar-refractivity contribution is 0.102. The van der Waals surface area contributed by atoms with Crippen LogP contribution < -0.4 is 21.3 Å². The molecule has 1 aromatic carbocycles. The molecule has 0 radical (unpaired) electrons. The van der Waals surface area contributed by atoms with Gasteiger partial charge < -0.3 is 16.0 Å². The molecule has 3 rings (SSSR count). The summed E-state index contributed by atoms with van der Waals surface area (Å²) in [5.41, 5.74) is 1.15. The maximum absolute atomic E-state index is 12.4. The monoisotopic (exact) mass is 387 g/mol. The van der Waals surface area contributed by atoms with E-state index in [4.69, 9.17) is 0 Å². The highest BCUT2D eigenvalue weighted by atomic mass is 32.1. The summed E-state index contributed by atoms with van der Waals surface area (Å²) in [4.78, 5) is 29.7. The van der Waals surface area contributed by atoms with Crippen LogP contribution >= 0.6 is 11.3 Å². The van der Waals surface area contributed by atoms with Crippen molar-refractivity contribution in [2.75, 3.05) is 23.7 Å². The van der Waals surface area contributed by atoms with Crippen LogP contribution in [0.5, 0.6) is 0 Å². The minimum Gasteiger partial charge on any atom is -0.336 e. The van der Waals surface area contributed by atoms with Crippen LogP contribution in [0.25, 0.3) is 0 Å². The molecule has 2 aromatic rings. The lowest BCUT2D eigenvalue weighted by Crippen LogP contribution is -2.34. The van der Waals surface area contributed by atoms with E-state index < -0.39 is 0 Å². The number of nitrogens with zero attached hydrogens (tertiary/aromatic N) is 1. The molecule has 144 valence electrons. The number of benzene rings is 1. The second-order valence-electron chi connectivity index (χ2n) is 6.88. The van der Waals surface area contributed by atoms with E-state index >= 15 is 0 Å². The Balaban J connectivity index is 1.56. The summed E-state index contributed by atoms with van der Waals surface area (Å²) in [6.45, 7) is 5.84. The Labute approximate surface area is 163 Å². The van der Waals surface area contributed by atoms with E-state index in [2.05, 4.69) is 26.3 Å². The third-order valence-corrected chi connectivity index (χ3v) is 5.39. The average molecular weight is 388 g/mol. The van der Waals surface area contributed by atoms with Gasteiger partial charge in [-0.2, -0.15) is 0 Å². The number of carbonyl (C=O) groups is 2. The molecule has 0 bridgehead atoms. The number of rotatable bonds is 5. The molecule has 0 atom stereocenters. The molecule has 1 aromatic heterocycles. The van der Waals surface area contributed by atoms with Crippen LogP contribution in [-0.2, 0) is 0 Å². The second-order valence-corrected chi connectivity index (χ2v) is 7.94. The molecule has 1 aliphatic rings. The van der Waals surface area contributed by atoms with Crippen molar-refractivity contribution < 1.29 is 9.59 Å². The fourth-order valence-corrected chi connectivity index (χ4v) is 3.92. The van der Waals surface area contributed by atoms with Crippen molar-refractivity contribution in [3.8, 4) is 0 Å². The van der Waals surface area contributed by atoms with Gasteiger partial charge in [-0.1, -0.05) is 0 Å². The number of amides is 3. The quantitative estimate of drug-likeness (QED) is 0.632. The second kappa shape index (κ2) is 8.96. The van der Waals surface area contributed by atoms with Crippen molar-refractivity contribution in [1.29, 1.82) is 0 Å². The Bertz CT molecular complexity index is 782. The topological polar surface area (TPSA) is 95.2 Å².